The third-order valence-electron chi connectivity index (χ3n) is 3.58. The number of nitrogens with one attached hydrogen (secondary N) is 1. The molecule has 124 valence electrons. The molecule has 0 aliphatic rings. The van der Waals surface area contributed by atoms with Gasteiger partial charge in [-0.05, 0) is 35.6 Å². The third-order valence-corrected chi connectivity index (χ3v) is 4.63. The highest BCUT2D eigenvalue weighted by Gasteiger charge is 2.15. The molecule has 0 bridgehead atoms. The number of aliphatic hydroxyl groups excluding tert-OH is 1. The van der Waals surface area contributed by atoms with Crippen LogP contribution in [0.5, 0.6) is 0 Å². The maximum atomic E-state index is 11.9. The summed E-state index contributed by atoms with van der Waals surface area (Å²) >= 11 is 1.42. The topological polar surface area (TPSA) is 73.1 Å². The normalized spacial score (nSPS) is 12.3. The molecule has 2 N–H and O–H groups in total. The molecule has 4 nitrogen and oxygen atoms in total. The highest BCUT2D eigenvalue weighted by molar-refractivity contribution is 7.19. The van der Waals surface area contributed by atoms with Gasteiger partial charge in [0.1, 0.15) is 11.8 Å². The molecular formula is C19H20N2O2S. The van der Waals surface area contributed by atoms with Crippen molar-refractivity contribution in [2.24, 2.45) is 0 Å². The number of rotatable bonds is 3. The second-order valence-corrected chi connectivity index (χ2v) is 7.60. The van der Waals surface area contributed by atoms with Crippen molar-refractivity contribution in [2.75, 3.05) is 5.32 Å². The van der Waals surface area contributed by atoms with Crippen LogP contribution >= 0.6 is 11.3 Å². The number of nitriles is 1. The fourth-order valence-electron chi connectivity index (χ4n) is 2.17. The van der Waals surface area contributed by atoms with Crippen LogP contribution in [0, 0.1) is 11.3 Å². The Morgan fingerprint density at radius 3 is 2.29 bits per heavy atom. The van der Waals surface area contributed by atoms with Crippen LogP contribution in [0.25, 0.3) is 10.4 Å². The zero-order valence-electron chi connectivity index (χ0n) is 14.2. The molecule has 1 amide bonds. The van der Waals surface area contributed by atoms with E-state index < -0.39 is 5.91 Å². The van der Waals surface area contributed by atoms with Crippen LogP contribution in [-0.4, -0.2) is 11.0 Å². The molecule has 1 aromatic carbocycles. The highest BCUT2D eigenvalue weighted by Crippen LogP contribution is 2.33. The molecule has 0 aliphatic carbocycles. The van der Waals surface area contributed by atoms with E-state index in [2.05, 4.69) is 50.4 Å². The molecule has 1 aromatic heterocycles. The fraction of sp³-hybridized carbons (Fsp3) is 0.263. The van der Waals surface area contributed by atoms with E-state index in [4.69, 9.17) is 5.26 Å². The lowest BCUT2D eigenvalue weighted by molar-refractivity contribution is -0.112. The minimum Gasteiger partial charge on any atom is -0.511 e. The number of hydrogen-bond donors (Lipinski definition) is 2. The van der Waals surface area contributed by atoms with Gasteiger partial charge in [0.15, 0.2) is 5.57 Å². The van der Waals surface area contributed by atoms with E-state index >= 15 is 0 Å². The summed E-state index contributed by atoms with van der Waals surface area (Å²) in [6, 6.07) is 13.8. The van der Waals surface area contributed by atoms with Gasteiger partial charge < -0.3 is 10.4 Å². The van der Waals surface area contributed by atoms with Gasteiger partial charge in [0.2, 0.25) is 0 Å². The van der Waals surface area contributed by atoms with Crippen LogP contribution in [0.2, 0.25) is 0 Å². The Morgan fingerprint density at radius 1 is 1.17 bits per heavy atom. The van der Waals surface area contributed by atoms with Crippen molar-refractivity contribution < 1.29 is 9.90 Å². The largest absolute Gasteiger partial charge is 0.511 e. The molecule has 0 spiro atoms. The number of thiophene rings is 1. The third kappa shape index (κ3) is 4.03. The van der Waals surface area contributed by atoms with E-state index in [-0.39, 0.29) is 16.7 Å². The van der Waals surface area contributed by atoms with Crippen molar-refractivity contribution in [3.63, 3.8) is 0 Å². The van der Waals surface area contributed by atoms with E-state index in [0.29, 0.717) is 5.00 Å². The van der Waals surface area contributed by atoms with Crippen molar-refractivity contribution >= 4 is 22.2 Å². The summed E-state index contributed by atoms with van der Waals surface area (Å²) < 4.78 is 0. The second-order valence-electron chi connectivity index (χ2n) is 6.52. The molecule has 5 heteroatoms. The molecule has 2 aromatic rings. The van der Waals surface area contributed by atoms with E-state index in [0.717, 1.165) is 10.4 Å². The summed E-state index contributed by atoms with van der Waals surface area (Å²) in [4.78, 5) is 13.0. The number of allylic oxidation sites excluding steroid dienone is 1. The van der Waals surface area contributed by atoms with Crippen molar-refractivity contribution in [1.82, 2.24) is 0 Å². The van der Waals surface area contributed by atoms with Crippen molar-refractivity contribution in [2.45, 2.75) is 33.1 Å². The number of aliphatic hydroxyl groups is 1. The van der Waals surface area contributed by atoms with Gasteiger partial charge in [-0.1, -0.05) is 45.0 Å². The number of carbonyl (C=O) groups is 1. The Labute approximate surface area is 146 Å². The summed E-state index contributed by atoms with van der Waals surface area (Å²) in [5, 5.41) is 21.5. The Bertz CT molecular complexity index is 814. The van der Waals surface area contributed by atoms with Crippen LogP contribution in [0.1, 0.15) is 33.3 Å². The number of benzene rings is 1. The van der Waals surface area contributed by atoms with Crippen LogP contribution in [0.3, 0.4) is 0 Å². The minimum absolute atomic E-state index is 0.106. The molecule has 0 unspecified atom stereocenters. The van der Waals surface area contributed by atoms with Crippen molar-refractivity contribution in [3.8, 4) is 16.5 Å². The van der Waals surface area contributed by atoms with E-state index in [9.17, 15) is 9.90 Å². The molecule has 24 heavy (non-hydrogen) atoms. The monoisotopic (exact) mass is 340 g/mol. The zero-order chi connectivity index (χ0) is 17.9. The lowest BCUT2D eigenvalue weighted by Gasteiger charge is -2.18. The summed E-state index contributed by atoms with van der Waals surface area (Å²) in [6.45, 7) is 7.83. The Morgan fingerprint density at radius 2 is 1.79 bits per heavy atom. The predicted octanol–water partition coefficient (Wildman–Crippen LogP) is 5.01. The number of hydrogen-bond acceptors (Lipinski definition) is 4. The lowest BCUT2D eigenvalue weighted by atomic mass is 9.86. The number of carbonyl (C=O) groups excluding carboxylic acids is 1. The summed E-state index contributed by atoms with van der Waals surface area (Å²) in [6.07, 6.45) is 0. The standard InChI is InChI=1S/C19H20N2O2S/c1-12(22)15(11-20)18(23)21-17-10-9-16(24-17)13-5-7-14(8-6-13)19(2,3)4/h5-10,22H,1-4H3,(H,21,23)/b15-12-. The Balaban J connectivity index is 2.18. The fourth-order valence-corrected chi connectivity index (χ4v) is 3.07. The summed E-state index contributed by atoms with van der Waals surface area (Å²) in [5.41, 5.74) is 2.16. The van der Waals surface area contributed by atoms with E-state index in [1.165, 1.54) is 23.8 Å². The minimum atomic E-state index is -0.603. The smallest absolute Gasteiger partial charge is 0.270 e. The molecule has 0 fully saturated rings. The van der Waals surface area contributed by atoms with E-state index in [1.807, 2.05) is 6.07 Å². The molecule has 2 rings (SSSR count). The zero-order valence-corrected chi connectivity index (χ0v) is 15.0. The summed E-state index contributed by atoms with van der Waals surface area (Å²) in [7, 11) is 0. The quantitative estimate of drug-likeness (QED) is 0.469. The molecule has 0 atom stereocenters. The SMILES string of the molecule is C/C(O)=C(\C#N)C(=O)Nc1ccc(-c2ccc(C(C)(C)C)cc2)s1. The van der Waals surface area contributed by atoms with Crippen LogP contribution in [0.15, 0.2) is 47.7 Å². The van der Waals surface area contributed by atoms with Crippen molar-refractivity contribution in [3.05, 3.63) is 53.3 Å². The van der Waals surface area contributed by atoms with Crippen LogP contribution in [-0.2, 0) is 10.2 Å². The van der Waals surface area contributed by atoms with Gasteiger partial charge in [0, 0.05) is 4.88 Å². The first-order valence-electron chi connectivity index (χ1n) is 7.54. The Kier molecular flexibility index (Phi) is 5.10. The molecule has 0 saturated carbocycles. The van der Waals surface area contributed by atoms with Gasteiger partial charge in [-0.2, -0.15) is 5.26 Å². The van der Waals surface area contributed by atoms with Gasteiger partial charge in [0.05, 0.1) is 5.00 Å². The average Bonchev–Trinajstić information content (AvgIpc) is 2.95. The van der Waals surface area contributed by atoms with Gasteiger partial charge in [0.25, 0.3) is 5.91 Å². The van der Waals surface area contributed by atoms with E-state index in [1.54, 1.807) is 12.1 Å². The predicted molar refractivity (Wildman–Crippen MR) is 98.0 cm³/mol. The second kappa shape index (κ2) is 6.90. The number of amides is 1. The first kappa shape index (κ1) is 17.8. The Hall–Kier alpha value is -2.58. The molecule has 0 aliphatic heterocycles. The van der Waals surface area contributed by atoms with Gasteiger partial charge in [-0.25, -0.2) is 0 Å². The molecule has 0 saturated heterocycles. The molecular weight excluding hydrogens is 320 g/mol. The van der Waals surface area contributed by atoms with Gasteiger partial charge in [-0.3, -0.25) is 4.79 Å². The molecule has 0 radical (unpaired) electrons. The molecule has 1 heterocycles. The first-order valence-corrected chi connectivity index (χ1v) is 8.36. The number of anilines is 1. The highest BCUT2D eigenvalue weighted by atomic mass is 32.1. The van der Waals surface area contributed by atoms with Crippen molar-refractivity contribution in [1.29, 1.82) is 5.26 Å². The first-order chi connectivity index (χ1) is 11.2. The number of nitrogens with zero attached hydrogens (tertiary/aromatic N) is 1. The maximum absolute atomic E-state index is 11.9. The average molecular weight is 340 g/mol. The van der Waals surface area contributed by atoms with Crippen LogP contribution < -0.4 is 5.32 Å². The van der Waals surface area contributed by atoms with Gasteiger partial charge in [-0.15, -0.1) is 11.3 Å². The van der Waals surface area contributed by atoms with Gasteiger partial charge >= 0.3 is 0 Å². The maximum Gasteiger partial charge on any atom is 0.270 e. The summed E-state index contributed by atoms with van der Waals surface area (Å²) in [5.74, 6) is -0.890. The van der Waals surface area contributed by atoms with Crippen LogP contribution in [0.4, 0.5) is 5.00 Å². The lowest BCUT2D eigenvalue weighted by Crippen LogP contribution is -2.13.